The van der Waals surface area contributed by atoms with E-state index in [-0.39, 0.29) is 34.8 Å². The van der Waals surface area contributed by atoms with Gasteiger partial charge in [0.05, 0.1) is 11.6 Å². The van der Waals surface area contributed by atoms with Gasteiger partial charge in [0.2, 0.25) is 5.91 Å². The molecule has 106 valence electrons. The molecule has 1 aromatic carbocycles. The number of carbonyl (C=O) groups is 1. The SMILES string of the molecule is CC1(C)C(C(=O)NCc2ccc(C#N)cc2F)C1(C)C. The highest BCUT2D eigenvalue weighted by Gasteiger charge is 2.68. The first-order valence-electron chi connectivity index (χ1n) is 6.68. The first-order chi connectivity index (χ1) is 9.21. The van der Waals surface area contributed by atoms with Crippen LogP contribution in [0.5, 0.6) is 0 Å². The monoisotopic (exact) mass is 274 g/mol. The van der Waals surface area contributed by atoms with Crippen LogP contribution in [-0.2, 0) is 11.3 Å². The third-order valence-electron chi connectivity index (χ3n) is 4.92. The molecule has 1 saturated carbocycles. The lowest BCUT2D eigenvalue weighted by Crippen LogP contribution is -2.27. The molecular formula is C16H19FN2O. The molecule has 0 saturated heterocycles. The van der Waals surface area contributed by atoms with Crippen LogP contribution in [-0.4, -0.2) is 5.91 Å². The van der Waals surface area contributed by atoms with Gasteiger partial charge in [0, 0.05) is 18.0 Å². The lowest BCUT2D eigenvalue weighted by atomic mass is 10.0. The van der Waals surface area contributed by atoms with Gasteiger partial charge in [-0.3, -0.25) is 4.79 Å². The maximum absolute atomic E-state index is 13.7. The maximum Gasteiger partial charge on any atom is 0.224 e. The van der Waals surface area contributed by atoms with Crippen molar-refractivity contribution in [3.63, 3.8) is 0 Å². The van der Waals surface area contributed by atoms with Gasteiger partial charge in [-0.2, -0.15) is 5.26 Å². The van der Waals surface area contributed by atoms with Crippen LogP contribution >= 0.6 is 0 Å². The van der Waals surface area contributed by atoms with E-state index in [0.717, 1.165) is 0 Å². The van der Waals surface area contributed by atoms with E-state index in [2.05, 4.69) is 33.0 Å². The van der Waals surface area contributed by atoms with Crippen molar-refractivity contribution in [1.29, 1.82) is 5.26 Å². The molecule has 1 aliphatic rings. The van der Waals surface area contributed by atoms with Crippen molar-refractivity contribution in [3.8, 4) is 6.07 Å². The summed E-state index contributed by atoms with van der Waals surface area (Å²) >= 11 is 0. The van der Waals surface area contributed by atoms with Gasteiger partial charge in [-0.1, -0.05) is 33.8 Å². The van der Waals surface area contributed by atoms with Crippen LogP contribution in [0.15, 0.2) is 18.2 Å². The topological polar surface area (TPSA) is 52.9 Å². The van der Waals surface area contributed by atoms with E-state index >= 15 is 0 Å². The third kappa shape index (κ3) is 2.18. The maximum atomic E-state index is 13.7. The fourth-order valence-electron chi connectivity index (χ4n) is 2.90. The summed E-state index contributed by atoms with van der Waals surface area (Å²) in [5.41, 5.74) is 0.622. The summed E-state index contributed by atoms with van der Waals surface area (Å²) < 4.78 is 13.7. The van der Waals surface area contributed by atoms with Gasteiger partial charge < -0.3 is 5.32 Å². The molecule has 3 nitrogen and oxygen atoms in total. The van der Waals surface area contributed by atoms with Crippen LogP contribution < -0.4 is 5.32 Å². The van der Waals surface area contributed by atoms with Gasteiger partial charge in [0.1, 0.15) is 5.82 Å². The minimum atomic E-state index is -0.460. The van der Waals surface area contributed by atoms with Crippen molar-refractivity contribution in [2.75, 3.05) is 0 Å². The first kappa shape index (κ1) is 14.5. The van der Waals surface area contributed by atoms with Gasteiger partial charge in [-0.05, 0) is 23.0 Å². The largest absolute Gasteiger partial charge is 0.352 e. The summed E-state index contributed by atoms with van der Waals surface area (Å²) in [4.78, 5) is 12.2. The van der Waals surface area contributed by atoms with Crippen molar-refractivity contribution < 1.29 is 9.18 Å². The molecule has 0 heterocycles. The quantitative estimate of drug-likeness (QED) is 0.921. The number of hydrogen-bond donors (Lipinski definition) is 1. The molecule has 1 aliphatic carbocycles. The van der Waals surface area contributed by atoms with E-state index < -0.39 is 5.82 Å². The Hall–Kier alpha value is -1.89. The predicted octanol–water partition coefficient (Wildman–Crippen LogP) is 3.00. The van der Waals surface area contributed by atoms with Crippen molar-refractivity contribution in [1.82, 2.24) is 5.32 Å². The van der Waals surface area contributed by atoms with Gasteiger partial charge in [-0.15, -0.1) is 0 Å². The highest BCUT2D eigenvalue weighted by Crippen LogP contribution is 2.68. The van der Waals surface area contributed by atoms with Gasteiger partial charge in [-0.25, -0.2) is 4.39 Å². The fourth-order valence-corrected chi connectivity index (χ4v) is 2.90. The number of nitriles is 1. The molecule has 0 radical (unpaired) electrons. The van der Waals surface area contributed by atoms with Gasteiger partial charge >= 0.3 is 0 Å². The molecule has 1 fully saturated rings. The molecule has 2 rings (SSSR count). The predicted molar refractivity (Wildman–Crippen MR) is 74.0 cm³/mol. The average Bonchev–Trinajstić information content (AvgIpc) is 2.77. The Kier molecular flexibility index (Phi) is 3.33. The summed E-state index contributed by atoms with van der Waals surface area (Å²) in [5.74, 6) is -0.543. The minimum Gasteiger partial charge on any atom is -0.352 e. The second-order valence-corrected chi connectivity index (χ2v) is 6.51. The van der Waals surface area contributed by atoms with E-state index in [9.17, 15) is 9.18 Å². The smallest absolute Gasteiger partial charge is 0.224 e. The minimum absolute atomic E-state index is 0.0275. The zero-order valence-electron chi connectivity index (χ0n) is 12.2. The second-order valence-electron chi connectivity index (χ2n) is 6.51. The van der Waals surface area contributed by atoms with E-state index in [4.69, 9.17) is 5.26 Å². The highest BCUT2D eigenvalue weighted by atomic mass is 19.1. The van der Waals surface area contributed by atoms with Crippen molar-refractivity contribution in [2.45, 2.75) is 34.2 Å². The molecule has 0 spiro atoms. The average molecular weight is 274 g/mol. The standard InChI is InChI=1S/C16H19FN2O/c1-15(2)13(16(15,3)4)14(20)19-9-11-6-5-10(8-18)7-12(11)17/h5-7,13H,9H2,1-4H3,(H,19,20). The lowest BCUT2D eigenvalue weighted by Gasteiger charge is -2.07. The summed E-state index contributed by atoms with van der Waals surface area (Å²) in [6.45, 7) is 8.43. The zero-order valence-corrected chi connectivity index (χ0v) is 12.2. The van der Waals surface area contributed by atoms with Crippen LogP contribution in [0, 0.1) is 33.9 Å². The van der Waals surface area contributed by atoms with Crippen molar-refractivity contribution in [3.05, 3.63) is 35.1 Å². The summed E-state index contributed by atoms with van der Waals surface area (Å²) in [5, 5.41) is 11.5. The zero-order chi connectivity index (χ0) is 15.1. The lowest BCUT2D eigenvalue weighted by molar-refractivity contribution is -0.123. The number of nitrogens with zero attached hydrogens (tertiary/aromatic N) is 1. The molecule has 1 amide bonds. The summed E-state index contributed by atoms with van der Waals surface area (Å²) in [6, 6.07) is 6.16. The van der Waals surface area contributed by atoms with E-state index in [1.807, 2.05) is 6.07 Å². The van der Waals surface area contributed by atoms with Crippen molar-refractivity contribution in [2.24, 2.45) is 16.7 Å². The van der Waals surface area contributed by atoms with Crippen LogP contribution in [0.2, 0.25) is 0 Å². The number of amides is 1. The Labute approximate surface area is 118 Å². The molecular weight excluding hydrogens is 255 g/mol. The molecule has 1 aromatic rings. The first-order valence-corrected chi connectivity index (χ1v) is 6.68. The number of carbonyl (C=O) groups excluding carboxylic acids is 1. The fraction of sp³-hybridized carbons (Fsp3) is 0.500. The Morgan fingerprint density at radius 1 is 1.35 bits per heavy atom. The van der Waals surface area contributed by atoms with Gasteiger partial charge in [0.25, 0.3) is 0 Å². The Morgan fingerprint density at radius 2 is 1.95 bits per heavy atom. The molecule has 0 unspecified atom stereocenters. The van der Waals surface area contributed by atoms with Gasteiger partial charge in [0.15, 0.2) is 0 Å². The number of hydrogen-bond acceptors (Lipinski definition) is 2. The van der Waals surface area contributed by atoms with E-state index in [1.165, 1.54) is 12.1 Å². The number of benzene rings is 1. The van der Waals surface area contributed by atoms with Crippen LogP contribution in [0.4, 0.5) is 4.39 Å². The number of halogens is 1. The molecule has 20 heavy (non-hydrogen) atoms. The van der Waals surface area contributed by atoms with Crippen molar-refractivity contribution >= 4 is 5.91 Å². The van der Waals surface area contributed by atoms with Crippen LogP contribution in [0.1, 0.15) is 38.8 Å². The molecule has 0 bridgehead atoms. The highest BCUT2D eigenvalue weighted by molar-refractivity contribution is 5.84. The molecule has 0 aromatic heterocycles. The molecule has 4 heteroatoms. The Balaban J connectivity index is 2.01. The van der Waals surface area contributed by atoms with E-state index in [0.29, 0.717) is 5.56 Å². The molecule has 1 N–H and O–H groups in total. The normalized spacial score (nSPS) is 19.2. The molecule has 0 atom stereocenters. The summed E-state index contributed by atoms with van der Waals surface area (Å²) in [6.07, 6.45) is 0. The van der Waals surface area contributed by atoms with E-state index in [1.54, 1.807) is 6.07 Å². The number of nitrogens with one attached hydrogen (secondary N) is 1. The third-order valence-corrected chi connectivity index (χ3v) is 4.92. The Bertz CT molecular complexity index is 585. The van der Waals surface area contributed by atoms with Crippen LogP contribution in [0.3, 0.4) is 0 Å². The van der Waals surface area contributed by atoms with Crippen LogP contribution in [0.25, 0.3) is 0 Å². The summed E-state index contributed by atoms with van der Waals surface area (Å²) in [7, 11) is 0. The Morgan fingerprint density at radius 3 is 2.40 bits per heavy atom. The molecule has 0 aliphatic heterocycles. The second kappa shape index (κ2) is 4.59. The number of rotatable bonds is 3.